The number of amides is 2. The number of piperidine rings is 1. The van der Waals surface area contributed by atoms with Crippen LogP contribution >= 0.6 is 0 Å². The van der Waals surface area contributed by atoms with Gasteiger partial charge in [-0.3, -0.25) is 9.59 Å². The van der Waals surface area contributed by atoms with Gasteiger partial charge in [0.15, 0.2) is 0 Å². The summed E-state index contributed by atoms with van der Waals surface area (Å²) in [6, 6.07) is 10.0. The highest BCUT2D eigenvalue weighted by Gasteiger charge is 2.38. The Kier molecular flexibility index (Phi) is 5.46. The maximum atomic E-state index is 13.2. The molecule has 2 amide bonds. The lowest BCUT2D eigenvalue weighted by Crippen LogP contribution is -2.47. The highest BCUT2D eigenvalue weighted by Crippen LogP contribution is 2.31. The second-order valence-electron chi connectivity index (χ2n) is 7.76. The molecule has 1 saturated heterocycles. The molecule has 0 unspecified atom stereocenters. The standard InChI is InChI=1S/C22H25FN2O3/c23-18-7-5-16(6-8-18)13-21(26)24-11-1-3-17(14-24)22(27)25(19-9-10-19)15-20-4-2-12-28-20/h2,4-8,12,17,19H,1,3,9-11,13-15H2/t17-/m1/s1. The summed E-state index contributed by atoms with van der Waals surface area (Å²) in [6.45, 7) is 1.63. The topological polar surface area (TPSA) is 53.8 Å². The minimum atomic E-state index is -0.309. The van der Waals surface area contributed by atoms with Gasteiger partial charge in [-0.05, 0) is 55.5 Å². The Balaban J connectivity index is 1.38. The normalized spacial score (nSPS) is 19.5. The number of nitrogens with zero attached hydrogens (tertiary/aromatic N) is 2. The number of benzene rings is 1. The highest BCUT2D eigenvalue weighted by atomic mass is 19.1. The Bertz CT molecular complexity index is 815. The molecule has 0 bridgehead atoms. The summed E-state index contributed by atoms with van der Waals surface area (Å²) in [5, 5.41) is 0. The minimum absolute atomic E-state index is 0.00638. The summed E-state index contributed by atoms with van der Waals surface area (Å²) in [7, 11) is 0. The van der Waals surface area contributed by atoms with Crippen LogP contribution < -0.4 is 0 Å². The van der Waals surface area contributed by atoms with Crippen molar-refractivity contribution in [2.45, 2.75) is 44.7 Å². The summed E-state index contributed by atoms with van der Waals surface area (Å²) in [6.07, 6.45) is 5.56. The first kappa shape index (κ1) is 18.7. The van der Waals surface area contributed by atoms with Crippen LogP contribution in [0.2, 0.25) is 0 Å². The quantitative estimate of drug-likeness (QED) is 0.767. The highest BCUT2D eigenvalue weighted by molar-refractivity contribution is 5.82. The van der Waals surface area contributed by atoms with Crippen molar-refractivity contribution in [3.8, 4) is 0 Å². The number of carbonyl (C=O) groups is 2. The predicted octanol–water partition coefficient (Wildman–Crippen LogP) is 3.39. The molecule has 28 heavy (non-hydrogen) atoms. The Labute approximate surface area is 164 Å². The maximum absolute atomic E-state index is 13.2. The van der Waals surface area contributed by atoms with E-state index in [1.807, 2.05) is 17.0 Å². The van der Waals surface area contributed by atoms with Gasteiger partial charge in [0.25, 0.3) is 0 Å². The van der Waals surface area contributed by atoms with E-state index in [0.717, 1.165) is 37.0 Å². The minimum Gasteiger partial charge on any atom is -0.467 e. The summed E-state index contributed by atoms with van der Waals surface area (Å²) >= 11 is 0. The van der Waals surface area contributed by atoms with Crippen molar-refractivity contribution in [1.29, 1.82) is 0 Å². The summed E-state index contributed by atoms with van der Waals surface area (Å²) in [5.74, 6) is 0.435. The number of furan rings is 1. The van der Waals surface area contributed by atoms with Gasteiger partial charge in [0.05, 0.1) is 25.1 Å². The average Bonchev–Trinajstić information content (AvgIpc) is 3.43. The van der Waals surface area contributed by atoms with Crippen molar-refractivity contribution in [3.05, 3.63) is 59.8 Å². The predicted molar refractivity (Wildman–Crippen MR) is 102 cm³/mol. The van der Waals surface area contributed by atoms with Gasteiger partial charge < -0.3 is 14.2 Å². The average molecular weight is 384 g/mol. The van der Waals surface area contributed by atoms with E-state index in [0.29, 0.717) is 25.7 Å². The van der Waals surface area contributed by atoms with Crippen LogP contribution in [0.4, 0.5) is 4.39 Å². The molecule has 2 aliphatic rings. The summed E-state index contributed by atoms with van der Waals surface area (Å²) in [5.41, 5.74) is 0.789. The maximum Gasteiger partial charge on any atom is 0.228 e. The first-order valence-corrected chi connectivity index (χ1v) is 9.95. The van der Waals surface area contributed by atoms with Gasteiger partial charge in [0.2, 0.25) is 11.8 Å². The molecule has 1 aliphatic heterocycles. The zero-order valence-corrected chi connectivity index (χ0v) is 15.9. The van der Waals surface area contributed by atoms with E-state index in [4.69, 9.17) is 4.42 Å². The zero-order valence-electron chi connectivity index (χ0n) is 15.9. The fourth-order valence-corrected chi connectivity index (χ4v) is 3.87. The number of rotatable bonds is 6. The third kappa shape index (κ3) is 4.43. The SMILES string of the molecule is O=C(Cc1ccc(F)cc1)N1CCC[C@@H](C(=O)N(Cc2ccco2)C2CC2)C1. The smallest absolute Gasteiger partial charge is 0.228 e. The van der Waals surface area contributed by atoms with E-state index in [1.165, 1.54) is 12.1 Å². The Hall–Kier alpha value is -2.63. The molecule has 4 rings (SSSR count). The Morgan fingerprint density at radius 1 is 1.14 bits per heavy atom. The lowest BCUT2D eigenvalue weighted by Gasteiger charge is -2.35. The fourth-order valence-electron chi connectivity index (χ4n) is 3.87. The van der Waals surface area contributed by atoms with Crippen molar-refractivity contribution in [1.82, 2.24) is 9.80 Å². The summed E-state index contributed by atoms with van der Waals surface area (Å²) in [4.78, 5) is 29.6. The van der Waals surface area contributed by atoms with Crippen LogP contribution in [0, 0.1) is 11.7 Å². The van der Waals surface area contributed by atoms with Crippen molar-refractivity contribution >= 4 is 11.8 Å². The number of likely N-dealkylation sites (tertiary alicyclic amines) is 1. The van der Waals surface area contributed by atoms with Crippen molar-refractivity contribution < 1.29 is 18.4 Å². The molecule has 0 N–H and O–H groups in total. The molecule has 1 aromatic heterocycles. The Morgan fingerprint density at radius 2 is 1.93 bits per heavy atom. The van der Waals surface area contributed by atoms with Gasteiger partial charge in [-0.1, -0.05) is 12.1 Å². The fraction of sp³-hybridized carbons (Fsp3) is 0.455. The molecule has 0 spiro atoms. The molecular formula is C22H25FN2O3. The van der Waals surface area contributed by atoms with Crippen LogP contribution in [0.1, 0.15) is 37.0 Å². The first-order valence-electron chi connectivity index (χ1n) is 9.95. The van der Waals surface area contributed by atoms with Gasteiger partial charge in [0, 0.05) is 19.1 Å². The third-order valence-electron chi connectivity index (χ3n) is 5.57. The van der Waals surface area contributed by atoms with Crippen LogP contribution in [0.5, 0.6) is 0 Å². The van der Waals surface area contributed by atoms with E-state index >= 15 is 0 Å². The molecule has 5 nitrogen and oxygen atoms in total. The molecule has 148 valence electrons. The number of hydrogen-bond donors (Lipinski definition) is 0. The molecule has 1 aromatic carbocycles. The van der Waals surface area contributed by atoms with E-state index in [1.54, 1.807) is 23.3 Å². The molecule has 6 heteroatoms. The lowest BCUT2D eigenvalue weighted by molar-refractivity contribution is -0.141. The number of carbonyl (C=O) groups excluding carboxylic acids is 2. The van der Waals surface area contributed by atoms with Crippen molar-refractivity contribution in [2.24, 2.45) is 5.92 Å². The molecule has 1 atom stereocenters. The van der Waals surface area contributed by atoms with Gasteiger partial charge in [-0.25, -0.2) is 4.39 Å². The second kappa shape index (κ2) is 8.17. The number of halogens is 1. The van der Waals surface area contributed by atoms with E-state index in [2.05, 4.69) is 0 Å². The second-order valence-corrected chi connectivity index (χ2v) is 7.76. The third-order valence-corrected chi connectivity index (χ3v) is 5.57. The largest absolute Gasteiger partial charge is 0.467 e. The van der Waals surface area contributed by atoms with E-state index in [-0.39, 0.29) is 30.0 Å². The molecule has 2 aromatic rings. The molecule has 0 radical (unpaired) electrons. The molecule has 2 fully saturated rings. The van der Waals surface area contributed by atoms with Crippen LogP contribution in [0.3, 0.4) is 0 Å². The molecule has 2 heterocycles. The van der Waals surface area contributed by atoms with Crippen LogP contribution in [-0.2, 0) is 22.6 Å². The van der Waals surface area contributed by atoms with Crippen molar-refractivity contribution in [3.63, 3.8) is 0 Å². The summed E-state index contributed by atoms with van der Waals surface area (Å²) < 4.78 is 18.5. The van der Waals surface area contributed by atoms with Gasteiger partial charge in [-0.2, -0.15) is 0 Å². The number of hydrogen-bond acceptors (Lipinski definition) is 3. The van der Waals surface area contributed by atoms with Gasteiger partial charge in [-0.15, -0.1) is 0 Å². The van der Waals surface area contributed by atoms with Crippen LogP contribution in [0.15, 0.2) is 47.1 Å². The molecular weight excluding hydrogens is 359 g/mol. The van der Waals surface area contributed by atoms with Crippen molar-refractivity contribution in [2.75, 3.05) is 13.1 Å². The first-order chi connectivity index (χ1) is 13.6. The lowest BCUT2D eigenvalue weighted by atomic mass is 9.95. The van der Waals surface area contributed by atoms with Crippen LogP contribution in [-0.4, -0.2) is 40.7 Å². The van der Waals surface area contributed by atoms with Gasteiger partial charge in [0.1, 0.15) is 11.6 Å². The Morgan fingerprint density at radius 3 is 2.61 bits per heavy atom. The zero-order chi connectivity index (χ0) is 19.5. The van der Waals surface area contributed by atoms with Gasteiger partial charge >= 0.3 is 0 Å². The van der Waals surface area contributed by atoms with Crippen LogP contribution in [0.25, 0.3) is 0 Å². The van der Waals surface area contributed by atoms with E-state index in [9.17, 15) is 14.0 Å². The molecule has 1 saturated carbocycles. The monoisotopic (exact) mass is 384 g/mol. The molecule has 1 aliphatic carbocycles. The van der Waals surface area contributed by atoms with E-state index < -0.39 is 0 Å².